The van der Waals surface area contributed by atoms with E-state index in [0.717, 1.165) is 31.2 Å². The number of nitrogens with one attached hydrogen (secondary N) is 1. The number of anilines is 1. The van der Waals surface area contributed by atoms with Crippen LogP contribution in [-0.4, -0.2) is 11.8 Å². The Hall–Kier alpha value is -1.36. The fourth-order valence-corrected chi connectivity index (χ4v) is 5.23. The molecule has 0 unspecified atom stereocenters. The summed E-state index contributed by atoms with van der Waals surface area (Å²) in [5, 5.41) is 3.61. The van der Waals surface area contributed by atoms with E-state index in [1.54, 1.807) is 0 Å². The quantitative estimate of drug-likeness (QED) is 0.895. The van der Waals surface area contributed by atoms with Gasteiger partial charge in [0.05, 0.1) is 5.56 Å². The molecule has 0 atom stereocenters. The van der Waals surface area contributed by atoms with Crippen LogP contribution < -0.4 is 11.1 Å². The van der Waals surface area contributed by atoms with Gasteiger partial charge in [-0.25, -0.2) is 0 Å². The Morgan fingerprint density at radius 1 is 1.23 bits per heavy atom. The molecule has 0 radical (unpaired) electrons. The zero-order chi connectivity index (χ0) is 16.3. The van der Waals surface area contributed by atoms with Crippen molar-refractivity contribution in [1.29, 1.82) is 0 Å². The van der Waals surface area contributed by atoms with Crippen LogP contribution in [0.15, 0.2) is 0 Å². The molecule has 4 nitrogen and oxygen atoms in total. The second kappa shape index (κ2) is 4.82. The van der Waals surface area contributed by atoms with E-state index in [2.05, 4.69) is 33.0 Å². The fourth-order valence-electron chi connectivity index (χ4n) is 3.91. The monoisotopic (exact) mass is 320 g/mol. The largest absolute Gasteiger partial charge is 0.365 e. The molecule has 0 aromatic carbocycles. The number of amides is 2. The van der Waals surface area contributed by atoms with Crippen LogP contribution in [0.1, 0.15) is 67.8 Å². The molecule has 3 N–H and O–H groups in total. The normalized spacial score (nSPS) is 22.0. The van der Waals surface area contributed by atoms with E-state index in [1.807, 2.05) is 0 Å². The lowest BCUT2D eigenvalue weighted by atomic mass is 9.65. The minimum atomic E-state index is -0.433. The highest BCUT2D eigenvalue weighted by molar-refractivity contribution is 7.17. The lowest BCUT2D eigenvalue weighted by molar-refractivity contribution is -0.117. The van der Waals surface area contributed by atoms with Crippen molar-refractivity contribution in [3.8, 4) is 0 Å². The van der Waals surface area contributed by atoms with Crippen LogP contribution in [0.5, 0.6) is 0 Å². The lowest BCUT2D eigenvalue weighted by Crippen LogP contribution is -2.34. The lowest BCUT2D eigenvalue weighted by Gasteiger charge is -2.40. The zero-order valence-corrected chi connectivity index (χ0v) is 14.5. The molecule has 2 aliphatic rings. The molecule has 5 heteroatoms. The van der Waals surface area contributed by atoms with E-state index in [1.165, 1.54) is 16.2 Å². The molecule has 1 saturated carbocycles. The van der Waals surface area contributed by atoms with Crippen molar-refractivity contribution in [1.82, 2.24) is 0 Å². The van der Waals surface area contributed by atoms with Crippen LogP contribution in [0, 0.1) is 11.3 Å². The molecule has 3 rings (SSSR count). The highest BCUT2D eigenvalue weighted by atomic mass is 32.1. The van der Waals surface area contributed by atoms with E-state index >= 15 is 0 Å². The molecule has 0 bridgehead atoms. The minimum absolute atomic E-state index is 0.00545. The maximum absolute atomic E-state index is 12.1. The minimum Gasteiger partial charge on any atom is -0.365 e. The molecule has 1 aromatic heterocycles. The van der Waals surface area contributed by atoms with E-state index < -0.39 is 5.91 Å². The molecule has 2 amide bonds. The molecule has 22 heavy (non-hydrogen) atoms. The zero-order valence-electron chi connectivity index (χ0n) is 13.7. The van der Waals surface area contributed by atoms with Gasteiger partial charge in [-0.3, -0.25) is 9.59 Å². The topological polar surface area (TPSA) is 72.2 Å². The Balaban J connectivity index is 2.07. The summed E-state index contributed by atoms with van der Waals surface area (Å²) in [6.07, 6.45) is 3.78. The number of fused-ring (bicyclic) bond motifs is 1. The summed E-state index contributed by atoms with van der Waals surface area (Å²) in [6.45, 7) is 8.87. The summed E-state index contributed by atoms with van der Waals surface area (Å²) in [4.78, 5) is 25.3. The van der Waals surface area contributed by atoms with Gasteiger partial charge in [0.25, 0.3) is 5.91 Å². The van der Waals surface area contributed by atoms with Gasteiger partial charge < -0.3 is 11.1 Å². The Morgan fingerprint density at radius 3 is 2.41 bits per heavy atom. The molecule has 0 aliphatic heterocycles. The maximum Gasteiger partial charge on any atom is 0.251 e. The molecule has 2 aliphatic carbocycles. The van der Waals surface area contributed by atoms with Crippen LogP contribution in [0.4, 0.5) is 5.00 Å². The van der Waals surface area contributed by atoms with Gasteiger partial charge in [-0.1, -0.05) is 27.7 Å². The Kier molecular flexibility index (Phi) is 3.40. The number of hydrogen-bond donors (Lipinski definition) is 2. The third-order valence-corrected chi connectivity index (χ3v) is 6.14. The number of hydrogen-bond acceptors (Lipinski definition) is 3. The van der Waals surface area contributed by atoms with Crippen LogP contribution in [0.2, 0.25) is 0 Å². The number of thiophene rings is 1. The summed E-state index contributed by atoms with van der Waals surface area (Å²) in [6, 6.07) is 0. The first kappa shape index (κ1) is 15.5. The van der Waals surface area contributed by atoms with Crippen LogP contribution in [0.25, 0.3) is 0 Å². The second-order valence-electron chi connectivity index (χ2n) is 8.14. The first-order valence-corrected chi connectivity index (χ1v) is 8.69. The fraction of sp³-hybridized carbons (Fsp3) is 0.647. The number of primary amides is 1. The molecule has 1 aromatic rings. The van der Waals surface area contributed by atoms with E-state index in [-0.39, 0.29) is 22.7 Å². The van der Waals surface area contributed by atoms with Crippen LogP contribution in [-0.2, 0) is 16.6 Å². The van der Waals surface area contributed by atoms with Gasteiger partial charge in [-0.05, 0) is 42.1 Å². The van der Waals surface area contributed by atoms with Crippen molar-refractivity contribution in [2.24, 2.45) is 17.1 Å². The van der Waals surface area contributed by atoms with Crippen molar-refractivity contribution in [2.45, 2.75) is 58.8 Å². The van der Waals surface area contributed by atoms with E-state index in [9.17, 15) is 9.59 Å². The molecule has 1 heterocycles. The molecular formula is C17H24N2O2S. The smallest absolute Gasteiger partial charge is 0.251 e. The van der Waals surface area contributed by atoms with Gasteiger partial charge in [0.1, 0.15) is 5.00 Å². The molecule has 0 spiro atoms. The predicted octanol–water partition coefficient (Wildman–Crippen LogP) is 3.45. The summed E-state index contributed by atoms with van der Waals surface area (Å²) in [5.41, 5.74) is 7.35. The first-order chi connectivity index (χ1) is 10.1. The van der Waals surface area contributed by atoms with Crippen molar-refractivity contribution in [3.05, 3.63) is 16.0 Å². The average Bonchev–Trinajstić information content (AvgIpc) is 3.10. The van der Waals surface area contributed by atoms with Gasteiger partial charge in [0.2, 0.25) is 5.91 Å². The summed E-state index contributed by atoms with van der Waals surface area (Å²) >= 11 is 1.54. The second-order valence-corrected chi connectivity index (χ2v) is 9.16. The number of nitrogens with two attached hydrogens (primary N) is 1. The van der Waals surface area contributed by atoms with Gasteiger partial charge in [0.15, 0.2) is 0 Å². The van der Waals surface area contributed by atoms with Crippen molar-refractivity contribution in [3.63, 3.8) is 0 Å². The Labute approximate surface area is 135 Å². The van der Waals surface area contributed by atoms with Gasteiger partial charge in [-0.2, -0.15) is 0 Å². The highest BCUT2D eigenvalue weighted by Gasteiger charge is 2.42. The summed E-state index contributed by atoms with van der Waals surface area (Å²) < 4.78 is 0. The number of rotatable bonds is 3. The standard InChI is InChI=1S/C17H24N2O2S/c1-16(2)7-10-11(13(18)20)15(19-14(21)9-5-6-9)22-12(10)17(3,4)8-16/h9H,5-8H2,1-4H3,(H2,18,20)(H,19,21). The van der Waals surface area contributed by atoms with Crippen LogP contribution >= 0.6 is 11.3 Å². The molecule has 0 saturated heterocycles. The number of carbonyl (C=O) groups excluding carboxylic acids is 2. The van der Waals surface area contributed by atoms with Crippen LogP contribution in [0.3, 0.4) is 0 Å². The third-order valence-electron chi connectivity index (χ3n) is 4.63. The summed E-state index contributed by atoms with van der Waals surface area (Å²) in [5.74, 6) is -0.292. The van der Waals surface area contributed by atoms with Crippen molar-refractivity contribution >= 4 is 28.2 Å². The summed E-state index contributed by atoms with van der Waals surface area (Å²) in [7, 11) is 0. The average molecular weight is 320 g/mol. The third kappa shape index (κ3) is 2.67. The Bertz CT molecular complexity index is 654. The molecule has 120 valence electrons. The van der Waals surface area contributed by atoms with E-state index in [0.29, 0.717) is 10.6 Å². The Morgan fingerprint density at radius 2 is 1.86 bits per heavy atom. The maximum atomic E-state index is 12.1. The van der Waals surface area contributed by atoms with Gasteiger partial charge >= 0.3 is 0 Å². The number of carbonyl (C=O) groups is 2. The molecular weight excluding hydrogens is 296 g/mol. The SMILES string of the molecule is CC1(C)Cc2c(sc(NC(=O)C3CC3)c2C(N)=O)C(C)(C)C1. The van der Waals surface area contributed by atoms with Gasteiger partial charge in [-0.15, -0.1) is 11.3 Å². The van der Waals surface area contributed by atoms with Crippen molar-refractivity contribution < 1.29 is 9.59 Å². The molecule has 1 fully saturated rings. The van der Waals surface area contributed by atoms with Gasteiger partial charge in [0, 0.05) is 10.8 Å². The first-order valence-electron chi connectivity index (χ1n) is 7.87. The van der Waals surface area contributed by atoms with E-state index in [4.69, 9.17) is 5.73 Å². The highest BCUT2D eigenvalue weighted by Crippen LogP contribution is 2.52. The van der Waals surface area contributed by atoms with Crippen molar-refractivity contribution in [2.75, 3.05) is 5.32 Å². The predicted molar refractivity (Wildman–Crippen MR) is 89.3 cm³/mol.